The monoisotopic (exact) mass is 1740 g/mol. The summed E-state index contributed by atoms with van der Waals surface area (Å²) in [4.78, 5) is 0. The Bertz CT molecular complexity index is 5930. The van der Waals surface area contributed by atoms with Crippen LogP contribution in [0.2, 0.25) is 0 Å². The lowest BCUT2D eigenvalue weighted by molar-refractivity contribution is 0.111. The van der Waals surface area contributed by atoms with Crippen molar-refractivity contribution >= 4 is 87.2 Å². The van der Waals surface area contributed by atoms with Crippen LogP contribution in [0.5, 0.6) is 0 Å². The van der Waals surface area contributed by atoms with Crippen molar-refractivity contribution in [1.82, 2.24) is 18.3 Å². The lowest BCUT2D eigenvalue weighted by Crippen LogP contribution is -2.29. The molecule has 5 heteroatoms. The molecule has 10 aromatic carbocycles. The summed E-state index contributed by atoms with van der Waals surface area (Å²) in [7, 11) is 0. The lowest BCUT2D eigenvalue weighted by Gasteiger charge is -2.40. The first-order valence-electron chi connectivity index (χ1n) is 49.5. The fourth-order valence-electron chi connectivity index (χ4n) is 21.1. The Morgan fingerprint density at radius 3 is 1.02 bits per heavy atom. The van der Waals surface area contributed by atoms with Crippen LogP contribution >= 0.6 is 0 Å². The van der Waals surface area contributed by atoms with Crippen LogP contribution in [0.4, 0.5) is 0 Å². The minimum Gasteiger partial charge on any atom is -0.335 e. The highest BCUT2D eigenvalue weighted by Crippen LogP contribution is 2.49. The van der Waals surface area contributed by atoms with E-state index in [1.54, 1.807) is 0 Å². The number of hydrogen-bond donors (Lipinski definition) is 0. The van der Waals surface area contributed by atoms with Gasteiger partial charge in [0.05, 0.1) is 44.9 Å². The molecule has 0 N–H and O–H groups in total. The van der Waals surface area contributed by atoms with Crippen LogP contribution in [0, 0.1) is 90.1 Å². The molecule has 0 bridgehead atoms. The number of terminal acetylenes is 1. The van der Waals surface area contributed by atoms with Gasteiger partial charge in [0.15, 0.2) is 0 Å². The first-order valence-corrected chi connectivity index (χ1v) is 49.0. The molecule has 2 fully saturated rings. The molecule has 14 aromatic rings. The third kappa shape index (κ3) is 27.8. The number of fused-ring (bicyclic) bond motifs is 12. The van der Waals surface area contributed by atoms with E-state index in [2.05, 4.69) is 474 Å². The fourth-order valence-corrected chi connectivity index (χ4v) is 21.1. The SMILES string of the molecule is C#Cc1ccc2c(c1)c1cc(C#N)ccc1n2C(C)(C)C.CC(C)(C)CC(C)(C)C.CC(C)(C)CC(C)(C)C.CC(C)(C)n1c2c(-c3ccccc3)cccc2c2cccc(-c3ccccc3)c21.CC(C)(C)n1c2ccccc2c2cccc(-n3c4ccccc4c4ccccc43)c21.CC(C)CC(C)(C)C.CC1(C)CCC(C(C)(C)C)CC1.[2H]C1(C(C)(C)C)CCC(C)(C)CC1. The van der Waals surface area contributed by atoms with E-state index in [0.717, 1.165) is 52.0 Å². The Labute approximate surface area is 791 Å². The number of rotatable bonds is 4. The molecule has 2 aliphatic rings. The van der Waals surface area contributed by atoms with Crippen molar-refractivity contribution in [3.63, 3.8) is 0 Å². The molecule has 0 amide bonds. The van der Waals surface area contributed by atoms with Crippen molar-refractivity contribution in [2.45, 2.75) is 337 Å². The average molecular weight is 1740 g/mol. The molecular formula is C125H171N5. The van der Waals surface area contributed by atoms with Crippen LogP contribution in [0.15, 0.2) is 224 Å². The molecule has 130 heavy (non-hydrogen) atoms. The summed E-state index contributed by atoms with van der Waals surface area (Å²) in [6, 6.07) is 81.9. The molecule has 16 rings (SSSR count). The number of benzene rings is 10. The first-order chi connectivity index (χ1) is 60.4. The third-order valence-electron chi connectivity index (χ3n) is 25.5. The maximum Gasteiger partial charge on any atom is 0.0991 e. The van der Waals surface area contributed by atoms with Gasteiger partial charge in [-0.2, -0.15) is 5.26 Å². The van der Waals surface area contributed by atoms with Gasteiger partial charge in [0.25, 0.3) is 0 Å². The molecule has 2 aliphatic carbocycles. The van der Waals surface area contributed by atoms with Crippen LogP contribution in [-0.2, 0) is 16.6 Å². The Hall–Kier alpha value is -9.55. The number of aromatic nitrogens is 4. The minimum absolute atomic E-state index is 0.0454. The molecular weight excluding hydrogens is 1570 g/mol. The van der Waals surface area contributed by atoms with Crippen molar-refractivity contribution in [3.8, 4) is 46.4 Å². The largest absolute Gasteiger partial charge is 0.335 e. The Morgan fingerprint density at radius 2 is 0.677 bits per heavy atom. The maximum absolute atomic E-state index is 9.15. The van der Waals surface area contributed by atoms with Crippen LogP contribution < -0.4 is 0 Å². The zero-order valence-electron chi connectivity index (χ0n) is 89.1. The second-order valence-corrected chi connectivity index (χ2v) is 51.0. The molecule has 0 atom stereocenters. The van der Waals surface area contributed by atoms with Crippen molar-refractivity contribution < 1.29 is 1.37 Å². The van der Waals surface area contributed by atoms with E-state index in [-0.39, 0.29) is 27.9 Å². The van der Waals surface area contributed by atoms with Gasteiger partial charge < -0.3 is 18.3 Å². The van der Waals surface area contributed by atoms with Crippen molar-refractivity contribution in [1.29, 1.82) is 5.26 Å². The molecule has 0 radical (unpaired) electrons. The molecule has 0 unspecified atom stereocenters. The molecule has 0 aliphatic heterocycles. The number of hydrogen-bond acceptors (Lipinski definition) is 1. The smallest absolute Gasteiger partial charge is 0.0991 e. The summed E-state index contributed by atoms with van der Waals surface area (Å²) in [6.45, 7) is 82.4. The van der Waals surface area contributed by atoms with Gasteiger partial charge in [-0.15, -0.1) is 6.42 Å². The van der Waals surface area contributed by atoms with Crippen molar-refractivity contribution in [3.05, 3.63) is 236 Å². The van der Waals surface area contributed by atoms with Crippen molar-refractivity contribution in [2.24, 2.45) is 66.5 Å². The quantitative estimate of drug-likeness (QED) is 0.162. The van der Waals surface area contributed by atoms with Crippen molar-refractivity contribution in [2.75, 3.05) is 0 Å². The van der Waals surface area contributed by atoms with Gasteiger partial charge in [0.1, 0.15) is 0 Å². The minimum atomic E-state index is -0.178. The summed E-state index contributed by atoms with van der Waals surface area (Å²) in [5.74, 6) is 4.31. The highest BCUT2D eigenvalue weighted by Gasteiger charge is 2.36. The van der Waals surface area contributed by atoms with E-state index in [1.165, 1.54) is 151 Å². The van der Waals surface area contributed by atoms with Crippen LogP contribution in [0.25, 0.3) is 115 Å². The van der Waals surface area contributed by atoms with Crippen LogP contribution in [0.3, 0.4) is 0 Å². The predicted octanol–water partition coefficient (Wildman–Crippen LogP) is 38.4. The number of para-hydroxylation sites is 6. The predicted molar refractivity (Wildman–Crippen MR) is 578 cm³/mol. The van der Waals surface area contributed by atoms with E-state index in [1.807, 2.05) is 30.3 Å². The van der Waals surface area contributed by atoms with Gasteiger partial charge in [-0.25, -0.2) is 0 Å². The maximum atomic E-state index is 9.15. The normalized spacial score (nSPS) is 15.2. The van der Waals surface area contributed by atoms with Gasteiger partial charge in [-0.05, 0) is 271 Å². The Morgan fingerprint density at radius 1 is 0.346 bits per heavy atom. The lowest BCUT2D eigenvalue weighted by atomic mass is 9.65. The van der Waals surface area contributed by atoms with E-state index < -0.39 is 0 Å². The number of nitriles is 1. The fraction of sp³-hybridized carbons (Fsp3) is 0.496. The first kappa shape index (κ1) is 103. The third-order valence-corrected chi connectivity index (χ3v) is 25.5. The van der Waals surface area contributed by atoms with Gasteiger partial charge in [-0.1, -0.05) is 357 Å². The highest BCUT2D eigenvalue weighted by molar-refractivity contribution is 6.17. The second kappa shape index (κ2) is 40.9. The molecule has 2 saturated carbocycles. The molecule has 0 spiro atoms. The topological polar surface area (TPSA) is 43.5 Å². The zero-order valence-corrected chi connectivity index (χ0v) is 88.1. The zero-order chi connectivity index (χ0) is 97.6. The summed E-state index contributed by atoms with van der Waals surface area (Å²) < 4.78 is 18.2. The van der Waals surface area contributed by atoms with Gasteiger partial charge in [0.2, 0.25) is 0 Å². The van der Waals surface area contributed by atoms with E-state index in [4.69, 9.17) is 13.1 Å². The number of nitrogens with zero attached hydrogens (tertiary/aromatic N) is 5. The second-order valence-electron chi connectivity index (χ2n) is 51.0. The summed E-state index contributed by atoms with van der Waals surface area (Å²) in [5, 5.41) is 19.2. The molecule has 5 nitrogen and oxygen atoms in total. The van der Waals surface area contributed by atoms with Gasteiger partial charge in [-0.3, -0.25) is 0 Å². The van der Waals surface area contributed by atoms with Gasteiger partial charge >= 0.3 is 0 Å². The van der Waals surface area contributed by atoms with Gasteiger partial charge in [0, 0.05) is 94.3 Å². The average Bonchev–Trinajstić information content (AvgIpc) is 1.53. The van der Waals surface area contributed by atoms with E-state index in [0.29, 0.717) is 48.9 Å². The van der Waals surface area contributed by atoms with Crippen LogP contribution in [-0.4, -0.2) is 18.3 Å². The Balaban J connectivity index is 0.000000178. The highest BCUT2D eigenvalue weighted by atomic mass is 15.1. The van der Waals surface area contributed by atoms with E-state index >= 15 is 0 Å². The summed E-state index contributed by atoms with van der Waals surface area (Å²) in [5.41, 5.74) is 21.9. The molecule has 4 aromatic heterocycles. The standard InChI is InChI=1S/C28H24N2.C28H25N.C19H16N2.2C12H24.2C9H20.C8H18/c1-28(2,3)30-25-17-9-6-13-21(25)22-14-10-18-26(27(22)30)29-23-15-7-4-11-19(23)20-12-5-8-16-24(20)29;1-28(2,3)29-26-22(20-12-6-4-7-13-20)16-10-18-24(26)25-19-11-17-23(27(25)29)21-14-8-5-9-15-21;1-5-13-6-8-17-15(10-13)16-11-14(12-20)7-9-18(16)21(17)19(2,3)4;2*1-11(2,3)10-6-8-12(4,5)9-7-10;2*1-8(2,3)7-9(4,5)6;1-7(2)6-8(3,4)5/h4-18H,1-3H3;4-19H,1-3H3;1,6-11H,2-4H3;2*10H,6-9H2,1-5H3;2*7H2,1-6H3;7H,6H2,1-5H3/i;;;10D;;;;. The molecule has 696 valence electrons. The molecule has 0 saturated heterocycles. The Kier molecular flexibility index (Phi) is 32.3. The summed E-state index contributed by atoms with van der Waals surface area (Å²) in [6.07, 6.45) is 19.7. The van der Waals surface area contributed by atoms with Crippen LogP contribution in [0.1, 0.15) is 332 Å². The summed E-state index contributed by atoms with van der Waals surface area (Å²) >= 11 is 0. The molecule has 4 heterocycles. The van der Waals surface area contributed by atoms with E-state index in [9.17, 15) is 0 Å².